The van der Waals surface area contributed by atoms with Gasteiger partial charge in [-0.25, -0.2) is 13.4 Å². The fourth-order valence-corrected chi connectivity index (χ4v) is 4.59. The number of hydrogen-bond acceptors (Lipinski definition) is 4. The summed E-state index contributed by atoms with van der Waals surface area (Å²) < 4.78 is 26.7. The predicted molar refractivity (Wildman–Crippen MR) is 109 cm³/mol. The van der Waals surface area contributed by atoms with E-state index in [4.69, 9.17) is 11.6 Å². The molecule has 1 amide bonds. The molecular weight excluding hydrogens is 400 g/mol. The number of aromatic amines is 1. The molecule has 0 unspecified atom stereocenters. The molecule has 0 aliphatic rings. The third-order valence-electron chi connectivity index (χ3n) is 4.38. The highest BCUT2D eigenvalue weighted by Crippen LogP contribution is 2.23. The van der Waals surface area contributed by atoms with Crippen molar-refractivity contribution in [3.8, 4) is 0 Å². The van der Waals surface area contributed by atoms with Crippen LogP contribution >= 0.6 is 11.6 Å². The van der Waals surface area contributed by atoms with Crippen LogP contribution in [0, 0.1) is 0 Å². The summed E-state index contributed by atoms with van der Waals surface area (Å²) in [4.78, 5) is 20.2. The fourth-order valence-electron chi connectivity index (χ4n) is 2.90. The molecule has 7 nitrogen and oxygen atoms in total. The molecule has 0 radical (unpaired) electrons. The van der Waals surface area contributed by atoms with E-state index in [9.17, 15) is 13.2 Å². The molecule has 0 spiro atoms. The van der Waals surface area contributed by atoms with Gasteiger partial charge in [-0.1, -0.05) is 37.6 Å². The maximum absolute atomic E-state index is 12.7. The summed E-state index contributed by atoms with van der Waals surface area (Å²) in [5.74, 6) is 0.125. The number of halogens is 1. The number of carbonyl (C=O) groups is 1. The number of nitrogens with one attached hydrogen (secondary N) is 2. The molecule has 9 heteroatoms. The van der Waals surface area contributed by atoms with Gasteiger partial charge in [0.2, 0.25) is 10.0 Å². The molecule has 0 atom stereocenters. The molecule has 3 aromatic rings. The minimum atomic E-state index is -3.68. The number of rotatable bonds is 7. The molecule has 2 aromatic carbocycles. The lowest BCUT2D eigenvalue weighted by Gasteiger charge is -2.19. The van der Waals surface area contributed by atoms with Crippen LogP contribution in [0.25, 0.3) is 11.0 Å². The van der Waals surface area contributed by atoms with Crippen molar-refractivity contribution in [2.24, 2.45) is 0 Å². The number of hydrogen-bond donors (Lipinski definition) is 2. The average Bonchev–Trinajstić information content (AvgIpc) is 3.10. The zero-order valence-electron chi connectivity index (χ0n) is 15.6. The third kappa shape index (κ3) is 4.04. The number of amides is 1. The lowest BCUT2D eigenvalue weighted by molar-refractivity contribution is 0.0950. The molecule has 1 aromatic heterocycles. The zero-order valence-corrected chi connectivity index (χ0v) is 17.1. The van der Waals surface area contributed by atoms with Crippen molar-refractivity contribution < 1.29 is 13.2 Å². The largest absolute Gasteiger partial charge is 0.345 e. The highest BCUT2D eigenvalue weighted by Gasteiger charge is 2.23. The van der Waals surface area contributed by atoms with Crippen molar-refractivity contribution in [2.45, 2.75) is 25.3 Å². The number of nitrogens with zero attached hydrogens (tertiary/aromatic N) is 2. The second-order valence-electron chi connectivity index (χ2n) is 6.11. The Kier molecular flexibility index (Phi) is 6.02. The van der Waals surface area contributed by atoms with Gasteiger partial charge in [0.15, 0.2) is 0 Å². The molecular formula is C19H21ClN4O3S. The topological polar surface area (TPSA) is 95.2 Å². The molecule has 2 N–H and O–H groups in total. The Morgan fingerprint density at radius 3 is 2.57 bits per heavy atom. The van der Waals surface area contributed by atoms with E-state index in [1.807, 2.05) is 24.3 Å². The van der Waals surface area contributed by atoms with E-state index in [0.717, 1.165) is 11.0 Å². The highest BCUT2D eigenvalue weighted by atomic mass is 35.5. The van der Waals surface area contributed by atoms with Crippen LogP contribution in [0.2, 0.25) is 5.02 Å². The van der Waals surface area contributed by atoms with E-state index in [2.05, 4.69) is 15.3 Å². The molecule has 28 heavy (non-hydrogen) atoms. The summed E-state index contributed by atoms with van der Waals surface area (Å²) in [5.41, 5.74) is 1.78. The minimum Gasteiger partial charge on any atom is -0.345 e. The summed E-state index contributed by atoms with van der Waals surface area (Å²) in [6.07, 6.45) is 0. The molecule has 1 heterocycles. The Balaban J connectivity index is 1.81. The molecule has 0 fully saturated rings. The quantitative estimate of drug-likeness (QED) is 0.613. The molecule has 0 bridgehead atoms. The van der Waals surface area contributed by atoms with Crippen LogP contribution in [0.3, 0.4) is 0 Å². The number of sulfonamides is 1. The molecule has 0 saturated carbocycles. The minimum absolute atomic E-state index is 0.0366. The van der Waals surface area contributed by atoms with Gasteiger partial charge < -0.3 is 10.3 Å². The number of para-hydroxylation sites is 2. The van der Waals surface area contributed by atoms with Crippen LogP contribution < -0.4 is 5.32 Å². The van der Waals surface area contributed by atoms with Crippen molar-refractivity contribution in [3.05, 3.63) is 58.9 Å². The van der Waals surface area contributed by atoms with E-state index >= 15 is 0 Å². The Bertz CT molecular complexity index is 1070. The van der Waals surface area contributed by atoms with Gasteiger partial charge in [-0.3, -0.25) is 4.79 Å². The van der Waals surface area contributed by atoms with Crippen LogP contribution in [0.5, 0.6) is 0 Å². The lowest BCUT2D eigenvalue weighted by Crippen LogP contribution is -2.31. The van der Waals surface area contributed by atoms with Crippen molar-refractivity contribution in [1.29, 1.82) is 0 Å². The molecule has 0 aliphatic heterocycles. The van der Waals surface area contributed by atoms with Crippen molar-refractivity contribution in [1.82, 2.24) is 19.6 Å². The molecule has 0 saturated heterocycles. The summed E-state index contributed by atoms with van der Waals surface area (Å²) in [6.45, 7) is 4.37. The normalized spacial score (nSPS) is 11.9. The van der Waals surface area contributed by atoms with Gasteiger partial charge in [-0.05, 0) is 30.3 Å². The third-order valence-corrected chi connectivity index (χ3v) is 6.76. The Hall–Kier alpha value is -2.42. The van der Waals surface area contributed by atoms with Crippen molar-refractivity contribution >= 4 is 38.6 Å². The first-order valence-electron chi connectivity index (χ1n) is 8.88. The van der Waals surface area contributed by atoms with Gasteiger partial charge in [0.05, 0.1) is 33.1 Å². The summed E-state index contributed by atoms with van der Waals surface area (Å²) in [6, 6.07) is 11.7. The molecule has 148 valence electrons. The van der Waals surface area contributed by atoms with Crippen LogP contribution in [0.4, 0.5) is 0 Å². The monoisotopic (exact) mass is 420 g/mol. The maximum atomic E-state index is 12.7. The zero-order chi connectivity index (χ0) is 20.3. The standard InChI is InChI=1S/C19H21ClN4O3S/c1-3-24(4-2)28(26,27)13-9-10-15(20)14(11-13)19(25)21-12-18-22-16-7-5-6-8-17(16)23-18/h5-11H,3-4,12H2,1-2H3,(H,21,25)(H,22,23). The van der Waals surface area contributed by atoms with E-state index in [-0.39, 0.29) is 22.0 Å². The Labute approximate surface area is 168 Å². The van der Waals surface area contributed by atoms with Gasteiger partial charge in [0.25, 0.3) is 5.91 Å². The summed E-state index contributed by atoms with van der Waals surface area (Å²) in [5, 5.41) is 2.91. The highest BCUT2D eigenvalue weighted by molar-refractivity contribution is 7.89. The fraction of sp³-hybridized carbons (Fsp3) is 0.263. The van der Waals surface area contributed by atoms with Crippen LogP contribution in [0.15, 0.2) is 47.4 Å². The summed E-state index contributed by atoms with van der Waals surface area (Å²) >= 11 is 6.14. The van der Waals surface area contributed by atoms with Gasteiger partial charge in [0.1, 0.15) is 5.82 Å². The molecule has 3 rings (SSSR count). The first kappa shape index (κ1) is 20.3. The number of aromatic nitrogens is 2. The first-order valence-corrected chi connectivity index (χ1v) is 10.7. The summed E-state index contributed by atoms with van der Waals surface area (Å²) in [7, 11) is -3.68. The number of H-pyrrole nitrogens is 1. The van der Waals surface area contributed by atoms with E-state index in [1.54, 1.807) is 13.8 Å². The Morgan fingerprint density at radius 1 is 1.18 bits per heavy atom. The Morgan fingerprint density at radius 2 is 1.89 bits per heavy atom. The van der Waals surface area contributed by atoms with Crippen molar-refractivity contribution in [3.63, 3.8) is 0 Å². The maximum Gasteiger partial charge on any atom is 0.253 e. The van der Waals surface area contributed by atoms with E-state index < -0.39 is 15.9 Å². The molecule has 0 aliphatic carbocycles. The van der Waals surface area contributed by atoms with E-state index in [1.165, 1.54) is 22.5 Å². The van der Waals surface area contributed by atoms with Gasteiger partial charge >= 0.3 is 0 Å². The number of benzene rings is 2. The van der Waals surface area contributed by atoms with Crippen molar-refractivity contribution in [2.75, 3.05) is 13.1 Å². The number of fused-ring (bicyclic) bond motifs is 1. The first-order chi connectivity index (χ1) is 13.4. The van der Waals surface area contributed by atoms with Crippen LogP contribution in [-0.2, 0) is 16.6 Å². The smallest absolute Gasteiger partial charge is 0.253 e. The van der Waals surface area contributed by atoms with Crippen LogP contribution in [-0.4, -0.2) is 41.7 Å². The van der Waals surface area contributed by atoms with E-state index in [0.29, 0.717) is 18.9 Å². The SMILES string of the molecule is CCN(CC)S(=O)(=O)c1ccc(Cl)c(C(=O)NCc2nc3ccccc3[nH]2)c1. The van der Waals surface area contributed by atoms with Crippen LogP contribution in [0.1, 0.15) is 30.0 Å². The predicted octanol–water partition coefficient (Wildman–Crippen LogP) is 3.18. The average molecular weight is 421 g/mol. The van der Waals surface area contributed by atoms with Gasteiger partial charge in [-0.2, -0.15) is 4.31 Å². The second kappa shape index (κ2) is 8.30. The lowest BCUT2D eigenvalue weighted by atomic mass is 10.2. The van der Waals surface area contributed by atoms with Gasteiger partial charge in [-0.15, -0.1) is 0 Å². The number of imidazole rings is 1. The number of carbonyl (C=O) groups excluding carboxylic acids is 1. The van der Waals surface area contributed by atoms with Gasteiger partial charge in [0, 0.05) is 13.1 Å². The second-order valence-corrected chi connectivity index (χ2v) is 8.46.